The highest BCUT2D eigenvalue weighted by molar-refractivity contribution is 5.69. The topological polar surface area (TPSA) is 73.6 Å². The van der Waals surface area contributed by atoms with Gasteiger partial charge in [0.05, 0.1) is 24.3 Å². The lowest BCUT2D eigenvalue weighted by atomic mass is 9.94. The number of likely N-dealkylation sites (tertiary alicyclic amines) is 1. The number of hydrogen-bond donors (Lipinski definition) is 1. The average Bonchev–Trinajstić information content (AvgIpc) is 2.55. The van der Waals surface area contributed by atoms with Gasteiger partial charge in [-0.25, -0.2) is 0 Å². The van der Waals surface area contributed by atoms with Crippen molar-refractivity contribution in [3.8, 4) is 6.07 Å². The van der Waals surface area contributed by atoms with Crippen molar-refractivity contribution in [3.63, 3.8) is 0 Å². The van der Waals surface area contributed by atoms with Crippen LogP contribution in [0.5, 0.6) is 0 Å². The molecule has 0 amide bonds. The fourth-order valence-electron chi connectivity index (χ4n) is 3.07. The van der Waals surface area contributed by atoms with Crippen molar-refractivity contribution in [3.05, 3.63) is 35.4 Å². The molecule has 0 bridgehead atoms. The number of piperidine rings is 1. The third-order valence-corrected chi connectivity index (χ3v) is 4.22. The summed E-state index contributed by atoms with van der Waals surface area (Å²) in [5, 5.41) is 19.2. The van der Waals surface area contributed by atoms with E-state index >= 15 is 0 Å². The molecule has 1 heterocycles. The van der Waals surface area contributed by atoms with Crippen molar-refractivity contribution in [1.29, 1.82) is 5.26 Å². The Hall–Kier alpha value is -1.90. The second-order valence-corrected chi connectivity index (χ2v) is 6.03. The molecule has 1 N–H and O–H groups in total. The van der Waals surface area contributed by atoms with Crippen molar-refractivity contribution in [2.45, 2.75) is 32.3 Å². The lowest BCUT2D eigenvalue weighted by Gasteiger charge is -2.33. The maximum absolute atomic E-state index is 11.6. The molecule has 1 aliphatic heterocycles. The smallest absolute Gasteiger partial charge is 0.306 e. The zero-order valence-electron chi connectivity index (χ0n) is 13.6. The number of rotatable bonds is 6. The van der Waals surface area contributed by atoms with Crippen LogP contribution >= 0.6 is 0 Å². The molecular formula is C18H24N2O3. The minimum atomic E-state index is -0.580. The fourth-order valence-corrected chi connectivity index (χ4v) is 3.07. The number of carbonyl (C=O) groups excluding carboxylic acids is 1. The number of nitriles is 1. The molecule has 1 saturated heterocycles. The van der Waals surface area contributed by atoms with E-state index in [0.29, 0.717) is 31.1 Å². The van der Waals surface area contributed by atoms with Gasteiger partial charge in [0.25, 0.3) is 0 Å². The normalized spacial score (nSPS) is 19.8. The van der Waals surface area contributed by atoms with E-state index in [2.05, 4.69) is 11.0 Å². The minimum Gasteiger partial charge on any atom is -0.466 e. The second kappa shape index (κ2) is 8.66. The van der Waals surface area contributed by atoms with Gasteiger partial charge in [0.2, 0.25) is 0 Å². The Morgan fingerprint density at radius 3 is 2.87 bits per heavy atom. The van der Waals surface area contributed by atoms with Gasteiger partial charge in [-0.2, -0.15) is 5.26 Å². The minimum absolute atomic E-state index is 0.132. The average molecular weight is 316 g/mol. The first-order chi connectivity index (χ1) is 11.1. The summed E-state index contributed by atoms with van der Waals surface area (Å²) in [6, 6.07) is 9.10. The van der Waals surface area contributed by atoms with E-state index < -0.39 is 6.10 Å². The number of aliphatic hydroxyl groups excluding tert-OH is 1. The van der Waals surface area contributed by atoms with Crippen LogP contribution in [0.3, 0.4) is 0 Å². The van der Waals surface area contributed by atoms with Crippen LogP contribution in [0, 0.1) is 17.2 Å². The maximum atomic E-state index is 11.6. The van der Waals surface area contributed by atoms with Gasteiger partial charge in [0, 0.05) is 19.5 Å². The second-order valence-electron chi connectivity index (χ2n) is 6.03. The molecule has 1 aromatic carbocycles. The van der Waals surface area contributed by atoms with E-state index in [0.717, 1.165) is 31.5 Å². The van der Waals surface area contributed by atoms with Gasteiger partial charge >= 0.3 is 5.97 Å². The summed E-state index contributed by atoms with van der Waals surface area (Å²) in [5.74, 6) is 0.169. The zero-order chi connectivity index (χ0) is 16.7. The molecule has 0 spiro atoms. The maximum Gasteiger partial charge on any atom is 0.306 e. The highest BCUT2D eigenvalue weighted by Crippen LogP contribution is 2.23. The molecule has 1 aliphatic rings. The first-order valence-electron chi connectivity index (χ1n) is 8.18. The van der Waals surface area contributed by atoms with Gasteiger partial charge in [-0.15, -0.1) is 0 Å². The predicted octanol–water partition coefficient (Wildman–Crippen LogP) is 2.26. The molecule has 124 valence electrons. The summed E-state index contributed by atoms with van der Waals surface area (Å²) < 4.78 is 5.02. The number of nitrogens with zero attached hydrogens (tertiary/aromatic N) is 2. The van der Waals surface area contributed by atoms with Crippen LogP contribution in [-0.2, 0) is 9.53 Å². The fraction of sp³-hybridized carbons (Fsp3) is 0.556. The number of carbonyl (C=O) groups is 1. The predicted molar refractivity (Wildman–Crippen MR) is 86.5 cm³/mol. The van der Waals surface area contributed by atoms with Crippen molar-refractivity contribution in [1.82, 2.24) is 4.90 Å². The van der Waals surface area contributed by atoms with E-state index in [-0.39, 0.29) is 5.97 Å². The Morgan fingerprint density at radius 2 is 2.22 bits per heavy atom. The van der Waals surface area contributed by atoms with Gasteiger partial charge in [0.15, 0.2) is 0 Å². The monoisotopic (exact) mass is 316 g/mol. The molecule has 0 aliphatic carbocycles. The van der Waals surface area contributed by atoms with Crippen molar-refractivity contribution < 1.29 is 14.6 Å². The van der Waals surface area contributed by atoms with Crippen molar-refractivity contribution in [2.75, 3.05) is 26.2 Å². The molecule has 1 aromatic rings. The summed E-state index contributed by atoms with van der Waals surface area (Å²) >= 11 is 0. The molecule has 0 saturated carbocycles. The van der Waals surface area contributed by atoms with E-state index in [1.54, 1.807) is 24.3 Å². The lowest BCUT2D eigenvalue weighted by molar-refractivity contribution is -0.144. The van der Waals surface area contributed by atoms with Crippen LogP contribution in [0.4, 0.5) is 0 Å². The van der Waals surface area contributed by atoms with Crippen LogP contribution in [-0.4, -0.2) is 42.2 Å². The van der Waals surface area contributed by atoms with E-state index in [1.165, 1.54) is 0 Å². The van der Waals surface area contributed by atoms with Crippen molar-refractivity contribution >= 4 is 5.97 Å². The summed E-state index contributed by atoms with van der Waals surface area (Å²) in [4.78, 5) is 13.8. The summed E-state index contributed by atoms with van der Waals surface area (Å²) in [6.07, 6.45) is 1.94. The Balaban J connectivity index is 1.86. The van der Waals surface area contributed by atoms with Gasteiger partial charge < -0.3 is 14.7 Å². The Labute approximate surface area is 137 Å². The lowest BCUT2D eigenvalue weighted by Crippen LogP contribution is -2.38. The quantitative estimate of drug-likeness (QED) is 0.815. The molecule has 2 atom stereocenters. The molecule has 2 rings (SSSR count). The SMILES string of the molecule is CCOC(=O)CC1CCCN(C[C@@H](O)c2ccc(C#N)cc2)C1. The first-order valence-corrected chi connectivity index (χ1v) is 8.18. The van der Waals surface area contributed by atoms with E-state index in [9.17, 15) is 9.90 Å². The Kier molecular flexibility index (Phi) is 6.57. The molecule has 1 fully saturated rings. The van der Waals surface area contributed by atoms with Gasteiger partial charge in [-0.05, 0) is 49.9 Å². The van der Waals surface area contributed by atoms with Crippen LogP contribution in [0.25, 0.3) is 0 Å². The number of hydrogen-bond acceptors (Lipinski definition) is 5. The molecule has 23 heavy (non-hydrogen) atoms. The molecular weight excluding hydrogens is 292 g/mol. The van der Waals surface area contributed by atoms with Crippen LogP contribution < -0.4 is 0 Å². The van der Waals surface area contributed by atoms with Crippen LogP contribution in [0.15, 0.2) is 24.3 Å². The highest BCUT2D eigenvalue weighted by atomic mass is 16.5. The number of β-amino-alcohol motifs (C(OH)–C–C–N with tert-alkyl or cyclic N) is 1. The summed E-state index contributed by atoms with van der Waals surface area (Å²) in [7, 11) is 0. The van der Waals surface area contributed by atoms with E-state index in [1.807, 2.05) is 6.92 Å². The standard InChI is InChI=1S/C18H24N2O3/c1-2-23-18(22)10-15-4-3-9-20(12-15)13-17(21)16-7-5-14(11-19)6-8-16/h5-8,15,17,21H,2-4,9-10,12-13H2,1H3/t15?,17-/m1/s1. The zero-order valence-corrected chi connectivity index (χ0v) is 13.6. The molecule has 1 unspecified atom stereocenters. The number of aliphatic hydroxyl groups is 1. The Bertz CT molecular complexity index is 550. The number of benzene rings is 1. The highest BCUT2D eigenvalue weighted by Gasteiger charge is 2.24. The molecule has 0 aromatic heterocycles. The molecule has 5 nitrogen and oxygen atoms in total. The largest absolute Gasteiger partial charge is 0.466 e. The van der Waals surface area contributed by atoms with Crippen LogP contribution in [0.2, 0.25) is 0 Å². The van der Waals surface area contributed by atoms with Gasteiger partial charge in [-0.3, -0.25) is 4.79 Å². The summed E-state index contributed by atoms with van der Waals surface area (Å²) in [6.45, 7) is 4.54. The third kappa shape index (κ3) is 5.34. The molecule has 5 heteroatoms. The molecule has 0 radical (unpaired) electrons. The van der Waals surface area contributed by atoms with Crippen LogP contribution in [0.1, 0.15) is 43.4 Å². The van der Waals surface area contributed by atoms with Gasteiger partial charge in [-0.1, -0.05) is 12.1 Å². The first kappa shape index (κ1) is 17.5. The van der Waals surface area contributed by atoms with Crippen molar-refractivity contribution in [2.24, 2.45) is 5.92 Å². The van der Waals surface area contributed by atoms with Gasteiger partial charge in [0.1, 0.15) is 0 Å². The third-order valence-electron chi connectivity index (χ3n) is 4.22. The Morgan fingerprint density at radius 1 is 1.48 bits per heavy atom. The van der Waals surface area contributed by atoms with E-state index in [4.69, 9.17) is 10.00 Å². The number of esters is 1. The summed E-state index contributed by atoms with van der Waals surface area (Å²) in [5.41, 5.74) is 1.41. The number of ether oxygens (including phenoxy) is 1.